The Morgan fingerprint density at radius 3 is 2.35 bits per heavy atom. The summed E-state index contributed by atoms with van der Waals surface area (Å²) in [5.74, 6) is -2.00. The topological polar surface area (TPSA) is 107 Å². The number of hydrogen-bond donors (Lipinski definition) is 1. The average molecular weight is 790 g/mol. The van der Waals surface area contributed by atoms with Crippen molar-refractivity contribution in [1.29, 1.82) is 0 Å². The van der Waals surface area contributed by atoms with Gasteiger partial charge in [0, 0.05) is 3.57 Å². The monoisotopic (exact) mass is 790 g/mol. The molecule has 1 N–H and O–H groups in total. The van der Waals surface area contributed by atoms with Crippen LogP contribution in [0.25, 0.3) is 6.08 Å². The van der Waals surface area contributed by atoms with Gasteiger partial charge in [-0.3, -0.25) is 4.55 Å². The normalized spacial score (nSPS) is 11.7. The van der Waals surface area contributed by atoms with E-state index in [0.29, 0.717) is 12.7 Å². The van der Waals surface area contributed by atoms with Crippen LogP contribution in [0.1, 0.15) is 26.3 Å². The van der Waals surface area contributed by atoms with Crippen molar-refractivity contribution in [3.05, 3.63) is 64.3 Å². The molecular formula is C18H11F2I3O7S. The van der Waals surface area contributed by atoms with E-state index < -0.39 is 33.9 Å². The molecule has 0 amide bonds. The van der Waals surface area contributed by atoms with Gasteiger partial charge in [-0.05, 0) is 91.5 Å². The number of alkyl halides is 2. The summed E-state index contributed by atoms with van der Waals surface area (Å²) in [6, 6.07) is 7.90. The Labute approximate surface area is 216 Å². The number of carbonyl (C=O) groups is 2. The van der Waals surface area contributed by atoms with Crippen molar-refractivity contribution in [2.45, 2.75) is 5.25 Å². The van der Waals surface area contributed by atoms with Gasteiger partial charge in [-0.15, -0.1) is 0 Å². The SMILES string of the molecule is C=Cc1cccc(C(=O)Oc2c(I)cc(I)c(C(=O)OCC(F)(F)S(=O)(=O)O)c2I)c1. The van der Waals surface area contributed by atoms with Crippen LogP contribution in [0, 0.1) is 10.7 Å². The first-order chi connectivity index (χ1) is 14.3. The van der Waals surface area contributed by atoms with Gasteiger partial charge in [-0.1, -0.05) is 24.8 Å². The molecule has 7 nitrogen and oxygen atoms in total. The molecular weight excluding hydrogens is 779 g/mol. The second-order valence-electron chi connectivity index (χ2n) is 5.77. The van der Waals surface area contributed by atoms with Crippen molar-refractivity contribution in [2.24, 2.45) is 0 Å². The van der Waals surface area contributed by atoms with Gasteiger partial charge in [0.05, 0.1) is 18.3 Å². The average Bonchev–Trinajstić information content (AvgIpc) is 2.68. The number of halogens is 5. The van der Waals surface area contributed by atoms with Crippen LogP contribution in [-0.2, 0) is 14.9 Å². The van der Waals surface area contributed by atoms with Gasteiger partial charge in [0.15, 0.2) is 12.4 Å². The minimum atomic E-state index is -5.76. The quantitative estimate of drug-likeness (QED) is 0.182. The highest BCUT2D eigenvalue weighted by Crippen LogP contribution is 2.35. The Hall–Kier alpha value is -0.920. The third-order valence-electron chi connectivity index (χ3n) is 3.63. The van der Waals surface area contributed by atoms with Gasteiger partial charge in [-0.25, -0.2) is 9.59 Å². The van der Waals surface area contributed by atoms with Crippen molar-refractivity contribution in [1.82, 2.24) is 0 Å². The number of rotatable bonds is 7. The highest BCUT2D eigenvalue weighted by molar-refractivity contribution is 14.1. The van der Waals surface area contributed by atoms with E-state index in [-0.39, 0.29) is 20.4 Å². The lowest BCUT2D eigenvalue weighted by Gasteiger charge is -2.16. The minimum Gasteiger partial charge on any atom is -0.454 e. The van der Waals surface area contributed by atoms with Gasteiger partial charge < -0.3 is 9.47 Å². The Morgan fingerprint density at radius 1 is 1.13 bits per heavy atom. The number of carbonyl (C=O) groups excluding carboxylic acids is 2. The molecule has 2 rings (SSSR count). The van der Waals surface area contributed by atoms with Crippen LogP contribution in [-0.4, -0.2) is 36.8 Å². The minimum absolute atomic E-state index is 0.00381. The molecule has 0 aliphatic heterocycles. The van der Waals surface area contributed by atoms with Crippen LogP contribution in [0.5, 0.6) is 5.75 Å². The van der Waals surface area contributed by atoms with Crippen LogP contribution in [0.15, 0.2) is 36.9 Å². The second-order valence-corrected chi connectivity index (χ2v) is 10.7. The summed E-state index contributed by atoms with van der Waals surface area (Å²) in [6.07, 6.45) is 1.55. The van der Waals surface area contributed by atoms with Crippen molar-refractivity contribution in [3.8, 4) is 5.75 Å². The lowest BCUT2D eigenvalue weighted by molar-refractivity contribution is -0.00967. The molecule has 0 fully saturated rings. The lowest BCUT2D eigenvalue weighted by Crippen LogP contribution is -2.34. The summed E-state index contributed by atoms with van der Waals surface area (Å²) >= 11 is 5.33. The third kappa shape index (κ3) is 6.32. The number of benzene rings is 2. The van der Waals surface area contributed by atoms with E-state index in [0.717, 1.165) is 0 Å². The third-order valence-corrected chi connectivity index (χ3v) is 7.19. The van der Waals surface area contributed by atoms with Gasteiger partial charge in [0.1, 0.15) is 0 Å². The molecule has 0 bridgehead atoms. The summed E-state index contributed by atoms with van der Waals surface area (Å²) in [7, 11) is -5.76. The smallest absolute Gasteiger partial charge is 0.402 e. The standard InChI is InChI=1S/C18H11F2I3O7S/c1-2-9-4-3-5-10(6-9)16(24)30-15-12(22)7-11(21)13(14(15)23)17(25)29-8-18(19,20)31(26,27)28/h2-7H,1,8H2,(H,26,27,28). The fraction of sp³-hybridized carbons (Fsp3) is 0.111. The molecule has 0 aromatic heterocycles. The number of ether oxygens (including phenoxy) is 2. The first kappa shape index (κ1) is 26.3. The largest absolute Gasteiger partial charge is 0.454 e. The molecule has 0 heterocycles. The molecule has 0 atom stereocenters. The summed E-state index contributed by atoms with van der Waals surface area (Å²) in [4.78, 5) is 24.9. The predicted octanol–water partition coefficient (Wildman–Crippen LogP) is 5.00. The van der Waals surface area contributed by atoms with Crippen LogP contribution in [0.3, 0.4) is 0 Å². The molecule has 0 spiro atoms. The summed E-state index contributed by atoms with van der Waals surface area (Å²) in [6.45, 7) is 1.74. The molecule has 166 valence electrons. The second kappa shape index (κ2) is 10.3. The molecule has 2 aromatic carbocycles. The Bertz CT molecular complexity index is 1170. The molecule has 13 heteroatoms. The zero-order chi connectivity index (χ0) is 23.6. The predicted molar refractivity (Wildman–Crippen MR) is 133 cm³/mol. The lowest BCUT2D eigenvalue weighted by atomic mass is 10.1. The van der Waals surface area contributed by atoms with Gasteiger partial charge in [0.25, 0.3) is 0 Å². The van der Waals surface area contributed by atoms with E-state index in [2.05, 4.69) is 11.3 Å². The van der Waals surface area contributed by atoms with Gasteiger partial charge in [0.2, 0.25) is 0 Å². The summed E-state index contributed by atoms with van der Waals surface area (Å²) in [5.41, 5.74) is 0.709. The van der Waals surface area contributed by atoms with E-state index in [1.807, 2.05) is 22.6 Å². The Balaban J connectivity index is 2.35. The zero-order valence-electron chi connectivity index (χ0n) is 15.1. The molecule has 0 saturated carbocycles. The number of esters is 2. The molecule has 0 unspecified atom stereocenters. The van der Waals surface area contributed by atoms with Crippen LogP contribution >= 0.6 is 67.8 Å². The van der Waals surface area contributed by atoms with E-state index >= 15 is 0 Å². The van der Waals surface area contributed by atoms with Crippen molar-refractivity contribution >= 4 is 95.9 Å². The fourth-order valence-electron chi connectivity index (χ4n) is 2.09. The van der Waals surface area contributed by atoms with Crippen molar-refractivity contribution in [3.63, 3.8) is 0 Å². The number of hydrogen-bond acceptors (Lipinski definition) is 6. The Morgan fingerprint density at radius 2 is 1.77 bits per heavy atom. The maximum atomic E-state index is 13.4. The maximum Gasteiger partial charge on any atom is 0.402 e. The van der Waals surface area contributed by atoms with E-state index in [1.54, 1.807) is 69.5 Å². The molecule has 0 aliphatic rings. The fourth-order valence-corrected chi connectivity index (χ4v) is 6.33. The van der Waals surface area contributed by atoms with Gasteiger partial charge in [-0.2, -0.15) is 17.2 Å². The van der Waals surface area contributed by atoms with Crippen LogP contribution in [0.4, 0.5) is 8.78 Å². The molecule has 0 aliphatic carbocycles. The highest BCUT2D eigenvalue weighted by Gasteiger charge is 2.46. The summed E-state index contributed by atoms with van der Waals surface area (Å²) < 4.78 is 67.3. The maximum absolute atomic E-state index is 13.4. The van der Waals surface area contributed by atoms with Crippen molar-refractivity contribution < 1.29 is 40.8 Å². The van der Waals surface area contributed by atoms with Crippen LogP contribution < -0.4 is 4.74 Å². The first-order valence-electron chi connectivity index (χ1n) is 7.92. The van der Waals surface area contributed by atoms with Crippen LogP contribution in [0.2, 0.25) is 0 Å². The van der Waals surface area contributed by atoms with Crippen molar-refractivity contribution in [2.75, 3.05) is 6.61 Å². The van der Waals surface area contributed by atoms with E-state index in [4.69, 9.17) is 9.29 Å². The molecule has 2 aromatic rings. The Kier molecular flexibility index (Phi) is 8.79. The molecule has 0 radical (unpaired) electrons. The van der Waals surface area contributed by atoms with E-state index in [1.165, 1.54) is 12.1 Å². The zero-order valence-corrected chi connectivity index (χ0v) is 22.4. The van der Waals surface area contributed by atoms with Gasteiger partial charge >= 0.3 is 27.3 Å². The first-order valence-corrected chi connectivity index (χ1v) is 12.6. The highest BCUT2D eigenvalue weighted by atomic mass is 127. The summed E-state index contributed by atoms with van der Waals surface area (Å²) in [5, 5.41) is -4.67. The molecule has 0 saturated heterocycles. The van der Waals surface area contributed by atoms with E-state index in [9.17, 15) is 26.8 Å². The molecule has 31 heavy (non-hydrogen) atoms.